The number of likely N-dealkylation sites (N-methyl/N-ethyl adjacent to an activating group) is 1. The molecule has 0 bridgehead atoms. The van der Waals surface area contributed by atoms with E-state index in [-0.39, 0.29) is 25.7 Å². The number of nitrogens with zero attached hydrogens (tertiary/aromatic N) is 4. The first-order valence-corrected chi connectivity index (χ1v) is 9.22. The van der Waals surface area contributed by atoms with Crippen LogP contribution in [0.4, 0.5) is 18.0 Å². The number of urea groups is 1. The van der Waals surface area contributed by atoms with Gasteiger partial charge in [0.2, 0.25) is 0 Å². The molecule has 27 heavy (non-hydrogen) atoms. The van der Waals surface area contributed by atoms with Crippen molar-refractivity contribution in [2.24, 2.45) is 0 Å². The minimum atomic E-state index is -4.92. The van der Waals surface area contributed by atoms with Gasteiger partial charge in [-0.15, -0.1) is 0 Å². The Bertz CT molecular complexity index is 530. The van der Waals surface area contributed by atoms with Gasteiger partial charge in [-0.3, -0.25) is 4.79 Å². The van der Waals surface area contributed by atoms with Gasteiger partial charge in [-0.1, -0.05) is 0 Å². The van der Waals surface area contributed by atoms with Gasteiger partial charge in [0, 0.05) is 52.5 Å². The van der Waals surface area contributed by atoms with Gasteiger partial charge in [-0.25, -0.2) is 4.79 Å². The number of hydrogen-bond donors (Lipinski definition) is 0. The van der Waals surface area contributed by atoms with Crippen LogP contribution in [-0.4, -0.2) is 110 Å². The highest BCUT2D eigenvalue weighted by molar-refractivity contribution is 5.82. The maximum absolute atomic E-state index is 13.0. The van der Waals surface area contributed by atoms with Gasteiger partial charge in [0.1, 0.15) is 0 Å². The molecule has 0 N–H and O–H groups in total. The normalized spacial score (nSPS) is 23.4. The molecular weight excluding hydrogens is 365 g/mol. The maximum atomic E-state index is 13.0. The fourth-order valence-corrected chi connectivity index (χ4v) is 3.70. The van der Waals surface area contributed by atoms with Gasteiger partial charge in [0.25, 0.3) is 0 Å². The van der Waals surface area contributed by atoms with Crippen LogP contribution in [0.15, 0.2) is 0 Å². The van der Waals surface area contributed by atoms with E-state index in [9.17, 15) is 22.8 Å². The van der Waals surface area contributed by atoms with Crippen molar-refractivity contribution in [3.63, 3.8) is 0 Å². The molecule has 2 aliphatic rings. The van der Waals surface area contributed by atoms with Crippen molar-refractivity contribution in [2.75, 3.05) is 60.5 Å². The third-order valence-corrected chi connectivity index (χ3v) is 5.29. The first kappa shape index (κ1) is 21.7. The zero-order chi connectivity index (χ0) is 20.2. The van der Waals surface area contributed by atoms with Crippen molar-refractivity contribution in [3.05, 3.63) is 0 Å². The van der Waals surface area contributed by atoms with E-state index < -0.39 is 18.1 Å². The predicted octanol–water partition coefficient (Wildman–Crippen LogP) is 1.24. The van der Waals surface area contributed by atoms with Crippen LogP contribution in [0.2, 0.25) is 0 Å². The molecule has 2 fully saturated rings. The maximum Gasteiger partial charge on any atom is 0.471 e. The van der Waals surface area contributed by atoms with Gasteiger partial charge in [-0.2, -0.15) is 13.2 Å². The largest absolute Gasteiger partial charge is 0.471 e. The Kier molecular flexibility index (Phi) is 7.32. The van der Waals surface area contributed by atoms with E-state index in [1.165, 1.54) is 7.11 Å². The second kappa shape index (κ2) is 9.09. The van der Waals surface area contributed by atoms with Crippen LogP contribution in [0, 0.1) is 0 Å². The molecule has 2 unspecified atom stereocenters. The third kappa shape index (κ3) is 5.47. The molecule has 2 aliphatic heterocycles. The lowest BCUT2D eigenvalue weighted by molar-refractivity contribution is -0.187. The van der Waals surface area contributed by atoms with E-state index in [2.05, 4.69) is 4.90 Å². The van der Waals surface area contributed by atoms with Gasteiger partial charge in [0.05, 0.1) is 6.04 Å². The van der Waals surface area contributed by atoms with Crippen LogP contribution in [0.3, 0.4) is 0 Å². The molecule has 0 saturated carbocycles. The zero-order valence-corrected chi connectivity index (χ0v) is 16.2. The molecular formula is C17H29F3N4O3. The molecule has 0 aliphatic carbocycles. The summed E-state index contributed by atoms with van der Waals surface area (Å²) in [5.74, 6) is -1.84. The molecule has 156 valence electrons. The van der Waals surface area contributed by atoms with Crippen molar-refractivity contribution in [1.29, 1.82) is 0 Å². The third-order valence-electron chi connectivity index (χ3n) is 5.29. The van der Waals surface area contributed by atoms with Crippen LogP contribution in [0.5, 0.6) is 0 Å². The predicted molar refractivity (Wildman–Crippen MR) is 93.3 cm³/mol. The molecule has 2 heterocycles. The molecule has 2 atom stereocenters. The first-order valence-electron chi connectivity index (χ1n) is 9.22. The minimum Gasteiger partial charge on any atom is -0.385 e. The van der Waals surface area contributed by atoms with E-state index in [0.717, 1.165) is 11.3 Å². The average Bonchev–Trinajstić information content (AvgIpc) is 3.26. The van der Waals surface area contributed by atoms with Crippen molar-refractivity contribution in [1.82, 2.24) is 19.6 Å². The van der Waals surface area contributed by atoms with Gasteiger partial charge in [0.15, 0.2) is 0 Å². The van der Waals surface area contributed by atoms with Crippen molar-refractivity contribution in [3.8, 4) is 0 Å². The Morgan fingerprint density at radius 2 is 1.63 bits per heavy atom. The highest BCUT2D eigenvalue weighted by Gasteiger charge is 2.46. The molecule has 2 saturated heterocycles. The fraction of sp³-hybridized carbons (Fsp3) is 0.882. The molecule has 7 nitrogen and oxygen atoms in total. The molecule has 0 radical (unpaired) electrons. The zero-order valence-electron chi connectivity index (χ0n) is 16.2. The number of likely N-dealkylation sites (tertiary alicyclic amines) is 2. The summed E-state index contributed by atoms with van der Waals surface area (Å²) in [5, 5.41) is 0. The van der Waals surface area contributed by atoms with Crippen molar-refractivity contribution < 1.29 is 27.5 Å². The van der Waals surface area contributed by atoms with Crippen LogP contribution in [0.25, 0.3) is 0 Å². The number of halogens is 3. The Balaban J connectivity index is 1.98. The highest BCUT2D eigenvalue weighted by Crippen LogP contribution is 2.25. The number of hydrogen-bond acceptors (Lipinski definition) is 4. The summed E-state index contributed by atoms with van der Waals surface area (Å²) in [7, 11) is 5.39. The average molecular weight is 394 g/mol. The Morgan fingerprint density at radius 3 is 2.11 bits per heavy atom. The number of alkyl halides is 3. The quantitative estimate of drug-likeness (QED) is 0.637. The Labute approximate surface area is 158 Å². The van der Waals surface area contributed by atoms with E-state index in [1.54, 1.807) is 9.80 Å². The number of ether oxygens (including phenoxy) is 1. The Hall–Kier alpha value is -1.55. The molecule has 0 aromatic carbocycles. The summed E-state index contributed by atoms with van der Waals surface area (Å²) < 4.78 is 43.8. The molecule has 0 spiro atoms. The SMILES string of the molecule is COCCCN(C(=O)C(F)(F)F)C1CCN(C(=O)N2CCC(N(C)C)C2)C1. The lowest BCUT2D eigenvalue weighted by Crippen LogP contribution is -2.50. The summed E-state index contributed by atoms with van der Waals surface area (Å²) in [4.78, 5) is 30.8. The molecule has 0 aromatic rings. The molecule has 10 heteroatoms. The van der Waals surface area contributed by atoms with Crippen LogP contribution in [0.1, 0.15) is 19.3 Å². The van der Waals surface area contributed by atoms with Gasteiger partial charge in [-0.05, 0) is 33.4 Å². The molecule has 2 rings (SSSR count). The number of rotatable bonds is 6. The summed E-state index contributed by atoms with van der Waals surface area (Å²) in [6.07, 6.45) is -3.37. The lowest BCUT2D eigenvalue weighted by atomic mass is 10.2. The summed E-state index contributed by atoms with van der Waals surface area (Å²) in [6.45, 7) is 1.99. The van der Waals surface area contributed by atoms with E-state index in [0.29, 0.717) is 38.5 Å². The number of carbonyl (C=O) groups excluding carboxylic acids is 2. The van der Waals surface area contributed by atoms with E-state index >= 15 is 0 Å². The summed E-state index contributed by atoms with van der Waals surface area (Å²) in [6, 6.07) is -0.477. The van der Waals surface area contributed by atoms with Crippen molar-refractivity contribution >= 4 is 11.9 Å². The van der Waals surface area contributed by atoms with E-state index in [4.69, 9.17) is 4.74 Å². The second-order valence-electron chi connectivity index (χ2n) is 7.37. The van der Waals surface area contributed by atoms with Gasteiger partial charge >= 0.3 is 18.1 Å². The number of amides is 3. The van der Waals surface area contributed by atoms with E-state index in [1.807, 2.05) is 14.1 Å². The number of methoxy groups -OCH3 is 1. The van der Waals surface area contributed by atoms with Crippen LogP contribution < -0.4 is 0 Å². The van der Waals surface area contributed by atoms with Crippen LogP contribution in [-0.2, 0) is 9.53 Å². The lowest BCUT2D eigenvalue weighted by Gasteiger charge is -2.30. The van der Waals surface area contributed by atoms with Gasteiger partial charge < -0.3 is 24.3 Å². The summed E-state index contributed by atoms with van der Waals surface area (Å²) >= 11 is 0. The monoisotopic (exact) mass is 394 g/mol. The van der Waals surface area contributed by atoms with Crippen LogP contribution >= 0.6 is 0 Å². The molecule has 0 aromatic heterocycles. The highest BCUT2D eigenvalue weighted by atomic mass is 19.4. The first-order chi connectivity index (χ1) is 12.6. The standard InChI is InChI=1S/C17H29F3N4O3/c1-21(2)13-5-8-22(11-13)16(26)23-9-6-14(12-23)24(7-4-10-27-3)15(25)17(18,19)20/h13-14H,4-12H2,1-3H3. The fourth-order valence-electron chi connectivity index (χ4n) is 3.70. The van der Waals surface area contributed by atoms with Crippen molar-refractivity contribution in [2.45, 2.75) is 37.5 Å². The minimum absolute atomic E-state index is 0.0364. The Morgan fingerprint density at radius 1 is 1.07 bits per heavy atom. The summed E-state index contributed by atoms with van der Waals surface area (Å²) in [5.41, 5.74) is 0. The second-order valence-corrected chi connectivity index (χ2v) is 7.37. The molecule has 3 amide bonds. The topological polar surface area (TPSA) is 56.3 Å². The number of carbonyl (C=O) groups is 2. The smallest absolute Gasteiger partial charge is 0.385 e.